The maximum absolute atomic E-state index is 11.5. The number of hydrogen-bond donors (Lipinski definition) is 1. The van der Waals surface area contributed by atoms with Crippen molar-refractivity contribution in [3.63, 3.8) is 0 Å². The highest BCUT2D eigenvalue weighted by Crippen LogP contribution is 2.22. The Balaban J connectivity index is 2.58. The molecule has 1 aromatic carbocycles. The van der Waals surface area contributed by atoms with Crippen LogP contribution in [0.15, 0.2) is 33.7 Å². The molecule has 17 heavy (non-hydrogen) atoms. The van der Waals surface area contributed by atoms with Crippen LogP contribution < -0.4 is 5.56 Å². The van der Waals surface area contributed by atoms with Crippen LogP contribution in [-0.2, 0) is 0 Å². The van der Waals surface area contributed by atoms with Crippen molar-refractivity contribution >= 4 is 15.9 Å². The van der Waals surface area contributed by atoms with Crippen molar-refractivity contribution in [1.29, 1.82) is 5.26 Å². The Hall–Kier alpha value is -1.93. The largest absolute Gasteiger partial charge is 0.305 e. The van der Waals surface area contributed by atoms with Gasteiger partial charge in [-0.3, -0.25) is 4.79 Å². The molecule has 0 atom stereocenters. The fourth-order valence-corrected chi connectivity index (χ4v) is 1.98. The normalized spacial score (nSPS) is 9.94. The number of H-pyrrole nitrogens is 1. The van der Waals surface area contributed by atoms with Gasteiger partial charge in [-0.25, -0.2) is 4.98 Å². The number of nitriles is 1. The summed E-state index contributed by atoms with van der Waals surface area (Å²) < 4.78 is 0.967. The van der Waals surface area contributed by atoms with Crippen LogP contribution in [0.25, 0.3) is 11.4 Å². The molecule has 0 saturated carbocycles. The summed E-state index contributed by atoms with van der Waals surface area (Å²) in [5.74, 6) is 0.471. The molecule has 0 bridgehead atoms. The number of halogens is 1. The van der Waals surface area contributed by atoms with Crippen LogP contribution in [0.5, 0.6) is 0 Å². The highest BCUT2D eigenvalue weighted by Gasteiger charge is 2.06. The maximum Gasteiger partial charge on any atom is 0.269 e. The minimum absolute atomic E-state index is 0.0171. The predicted octanol–water partition coefficient (Wildman–Crippen LogP) is 2.38. The zero-order valence-corrected chi connectivity index (χ0v) is 10.6. The van der Waals surface area contributed by atoms with E-state index < -0.39 is 5.56 Å². The van der Waals surface area contributed by atoms with Crippen molar-refractivity contribution in [2.24, 2.45) is 0 Å². The second kappa shape index (κ2) is 4.52. The Bertz CT molecular complexity index is 670. The van der Waals surface area contributed by atoms with Crippen molar-refractivity contribution in [3.05, 3.63) is 50.3 Å². The van der Waals surface area contributed by atoms with Crippen molar-refractivity contribution in [2.45, 2.75) is 6.92 Å². The molecule has 1 N–H and O–H groups in total. The molecular formula is C12H8BrN3O. The summed E-state index contributed by atoms with van der Waals surface area (Å²) in [5.41, 5.74) is 1.44. The topological polar surface area (TPSA) is 69.5 Å². The average molecular weight is 290 g/mol. The molecule has 2 rings (SSSR count). The molecular weight excluding hydrogens is 282 g/mol. The second-order valence-electron chi connectivity index (χ2n) is 3.55. The van der Waals surface area contributed by atoms with Gasteiger partial charge in [-0.15, -0.1) is 0 Å². The van der Waals surface area contributed by atoms with Gasteiger partial charge in [0.15, 0.2) is 0 Å². The molecule has 4 nitrogen and oxygen atoms in total. The van der Waals surface area contributed by atoms with Gasteiger partial charge in [0.25, 0.3) is 5.56 Å². The minimum Gasteiger partial charge on any atom is -0.305 e. The lowest BCUT2D eigenvalue weighted by atomic mass is 10.1. The molecule has 0 aliphatic carbocycles. The van der Waals surface area contributed by atoms with E-state index in [1.807, 2.05) is 25.1 Å². The van der Waals surface area contributed by atoms with E-state index in [1.165, 1.54) is 6.20 Å². The van der Waals surface area contributed by atoms with Gasteiger partial charge in [-0.2, -0.15) is 5.26 Å². The van der Waals surface area contributed by atoms with E-state index in [9.17, 15) is 4.79 Å². The highest BCUT2D eigenvalue weighted by molar-refractivity contribution is 9.10. The van der Waals surface area contributed by atoms with E-state index in [-0.39, 0.29) is 5.56 Å². The lowest BCUT2D eigenvalue weighted by Crippen LogP contribution is -2.12. The quantitative estimate of drug-likeness (QED) is 0.876. The van der Waals surface area contributed by atoms with E-state index in [0.717, 1.165) is 15.6 Å². The average Bonchev–Trinajstić information content (AvgIpc) is 2.29. The van der Waals surface area contributed by atoms with Gasteiger partial charge in [0, 0.05) is 10.0 Å². The Morgan fingerprint density at radius 3 is 2.82 bits per heavy atom. The third-order valence-electron chi connectivity index (χ3n) is 2.36. The molecule has 0 saturated heterocycles. The number of aryl methyl sites for hydroxylation is 1. The van der Waals surface area contributed by atoms with Gasteiger partial charge in [-0.05, 0) is 30.7 Å². The van der Waals surface area contributed by atoms with Crippen LogP contribution in [-0.4, -0.2) is 9.97 Å². The first-order valence-corrected chi connectivity index (χ1v) is 5.67. The summed E-state index contributed by atoms with van der Waals surface area (Å²) in [6.45, 7) is 1.93. The van der Waals surface area contributed by atoms with Crippen molar-refractivity contribution in [1.82, 2.24) is 9.97 Å². The van der Waals surface area contributed by atoms with E-state index in [2.05, 4.69) is 25.9 Å². The first-order chi connectivity index (χ1) is 8.11. The minimum atomic E-state index is -0.417. The fraction of sp³-hybridized carbons (Fsp3) is 0.0833. The molecule has 0 fully saturated rings. The molecule has 0 radical (unpaired) electrons. The molecule has 1 aromatic heterocycles. The van der Waals surface area contributed by atoms with Gasteiger partial charge >= 0.3 is 0 Å². The molecule has 0 amide bonds. The second-order valence-corrected chi connectivity index (χ2v) is 4.46. The summed E-state index contributed by atoms with van der Waals surface area (Å²) in [6.07, 6.45) is 1.29. The number of hydrogen-bond acceptors (Lipinski definition) is 3. The Morgan fingerprint density at radius 2 is 2.24 bits per heavy atom. The van der Waals surface area contributed by atoms with Crippen LogP contribution in [0.4, 0.5) is 0 Å². The third-order valence-corrected chi connectivity index (χ3v) is 2.86. The third kappa shape index (κ3) is 2.27. The van der Waals surface area contributed by atoms with Crippen molar-refractivity contribution < 1.29 is 0 Å². The Morgan fingerprint density at radius 1 is 1.47 bits per heavy atom. The van der Waals surface area contributed by atoms with Crippen molar-refractivity contribution in [3.8, 4) is 17.5 Å². The molecule has 0 spiro atoms. The number of benzene rings is 1. The number of nitrogens with zero attached hydrogens (tertiary/aromatic N) is 2. The number of aromatic amines is 1. The molecule has 5 heteroatoms. The first kappa shape index (κ1) is 11.6. The molecule has 0 unspecified atom stereocenters. The van der Waals surface area contributed by atoms with E-state index in [4.69, 9.17) is 5.26 Å². The number of rotatable bonds is 1. The lowest BCUT2D eigenvalue weighted by Gasteiger charge is -2.05. The predicted molar refractivity (Wildman–Crippen MR) is 67.4 cm³/mol. The van der Waals surface area contributed by atoms with E-state index >= 15 is 0 Å². The molecule has 84 valence electrons. The standard InChI is InChI=1S/C12H8BrN3O/c1-7-4-9(13)2-3-10(7)11-15-6-8(5-14)12(17)16-11/h2-4,6H,1H3,(H,15,16,17). The Kier molecular flexibility index (Phi) is 3.07. The Labute approximate surface area is 106 Å². The fourth-order valence-electron chi connectivity index (χ4n) is 1.50. The van der Waals surface area contributed by atoms with E-state index in [1.54, 1.807) is 6.07 Å². The van der Waals surface area contributed by atoms with Gasteiger partial charge in [0.2, 0.25) is 0 Å². The maximum atomic E-state index is 11.5. The zero-order valence-electron chi connectivity index (χ0n) is 8.99. The summed E-state index contributed by atoms with van der Waals surface area (Å²) in [4.78, 5) is 18.2. The summed E-state index contributed by atoms with van der Waals surface area (Å²) >= 11 is 3.37. The van der Waals surface area contributed by atoms with Crippen LogP contribution >= 0.6 is 15.9 Å². The SMILES string of the molecule is Cc1cc(Br)ccc1-c1ncc(C#N)c(=O)[nH]1. The molecule has 1 heterocycles. The zero-order chi connectivity index (χ0) is 12.4. The lowest BCUT2D eigenvalue weighted by molar-refractivity contribution is 1.10. The molecule has 2 aromatic rings. The van der Waals surface area contributed by atoms with E-state index in [0.29, 0.717) is 5.82 Å². The van der Waals surface area contributed by atoms with Crippen LogP contribution in [0.1, 0.15) is 11.1 Å². The number of aromatic nitrogens is 2. The van der Waals surface area contributed by atoms with Crippen molar-refractivity contribution in [2.75, 3.05) is 0 Å². The summed E-state index contributed by atoms with van der Waals surface area (Å²) in [6, 6.07) is 7.46. The number of nitrogens with one attached hydrogen (secondary N) is 1. The van der Waals surface area contributed by atoms with Gasteiger partial charge in [0.1, 0.15) is 17.5 Å². The summed E-state index contributed by atoms with van der Waals surface area (Å²) in [7, 11) is 0. The van der Waals surface area contributed by atoms with Crippen LogP contribution in [0, 0.1) is 18.3 Å². The first-order valence-electron chi connectivity index (χ1n) is 4.88. The highest BCUT2D eigenvalue weighted by atomic mass is 79.9. The van der Waals surface area contributed by atoms with Crippen LogP contribution in [0.3, 0.4) is 0 Å². The van der Waals surface area contributed by atoms with Crippen LogP contribution in [0.2, 0.25) is 0 Å². The van der Waals surface area contributed by atoms with Gasteiger partial charge < -0.3 is 4.98 Å². The van der Waals surface area contributed by atoms with Gasteiger partial charge in [-0.1, -0.05) is 15.9 Å². The van der Waals surface area contributed by atoms with Gasteiger partial charge in [0.05, 0.1) is 6.20 Å². The summed E-state index contributed by atoms with van der Waals surface area (Å²) in [5, 5.41) is 8.65. The molecule has 0 aliphatic heterocycles. The molecule has 0 aliphatic rings. The monoisotopic (exact) mass is 289 g/mol. The smallest absolute Gasteiger partial charge is 0.269 e.